The van der Waals surface area contributed by atoms with Gasteiger partial charge in [-0.05, 0) is 37.3 Å². The lowest BCUT2D eigenvalue weighted by molar-refractivity contribution is 0.415. The molecule has 0 saturated carbocycles. The lowest BCUT2D eigenvalue weighted by atomic mass is 10.1. The zero-order chi connectivity index (χ0) is 13.0. The van der Waals surface area contributed by atoms with Crippen LogP contribution < -0.4 is 4.74 Å². The van der Waals surface area contributed by atoms with Gasteiger partial charge >= 0.3 is 0 Å². The zero-order valence-electron chi connectivity index (χ0n) is 10.4. The van der Waals surface area contributed by atoms with E-state index in [-0.39, 0.29) is 0 Å². The number of methoxy groups -OCH3 is 1. The van der Waals surface area contributed by atoms with E-state index in [9.17, 15) is 0 Å². The van der Waals surface area contributed by atoms with Crippen molar-refractivity contribution in [1.29, 1.82) is 0 Å². The minimum atomic E-state index is 0.840. The summed E-state index contributed by atoms with van der Waals surface area (Å²) in [6.07, 6.45) is 0. The van der Waals surface area contributed by atoms with Crippen LogP contribution in [-0.4, -0.2) is 12.8 Å². The quantitative estimate of drug-likeness (QED) is 0.760. The van der Waals surface area contributed by atoms with E-state index < -0.39 is 0 Å². The maximum Gasteiger partial charge on any atom is 0.119 e. The van der Waals surface area contributed by atoms with Crippen molar-refractivity contribution in [2.45, 2.75) is 6.92 Å². The van der Waals surface area contributed by atoms with Crippen molar-refractivity contribution in [2.24, 2.45) is 4.99 Å². The lowest BCUT2D eigenvalue weighted by Gasteiger charge is -2.04. The number of nitrogens with zero attached hydrogens (tertiary/aromatic N) is 1. The molecule has 2 rings (SSSR count). The number of rotatable bonds is 3. The molecule has 0 radical (unpaired) electrons. The van der Waals surface area contributed by atoms with Gasteiger partial charge in [-0.2, -0.15) is 0 Å². The van der Waals surface area contributed by atoms with Crippen LogP contribution in [0, 0.1) is 0 Å². The molecule has 2 nitrogen and oxygen atoms in total. The molecule has 0 atom stereocenters. The topological polar surface area (TPSA) is 21.6 Å². The summed E-state index contributed by atoms with van der Waals surface area (Å²) in [5, 5.41) is 0. The molecule has 0 aliphatic carbocycles. The van der Waals surface area contributed by atoms with E-state index in [1.54, 1.807) is 7.11 Å². The summed E-state index contributed by atoms with van der Waals surface area (Å²) in [5.74, 6) is 0.840. The minimum absolute atomic E-state index is 0.840. The molecule has 3 heteroatoms. The molecule has 0 saturated heterocycles. The summed E-state index contributed by atoms with van der Waals surface area (Å²) in [6, 6.07) is 15.8. The summed E-state index contributed by atoms with van der Waals surface area (Å²) >= 11 is 3.53. The van der Waals surface area contributed by atoms with Gasteiger partial charge in [-0.1, -0.05) is 34.1 Å². The van der Waals surface area contributed by atoms with Crippen molar-refractivity contribution in [3.63, 3.8) is 0 Å². The Morgan fingerprint density at radius 2 is 1.72 bits per heavy atom. The minimum Gasteiger partial charge on any atom is -0.497 e. The molecule has 0 heterocycles. The van der Waals surface area contributed by atoms with Gasteiger partial charge in [-0.15, -0.1) is 0 Å². The van der Waals surface area contributed by atoms with Crippen LogP contribution in [0.3, 0.4) is 0 Å². The molecular weight excluding hydrogens is 290 g/mol. The summed E-state index contributed by atoms with van der Waals surface area (Å²) in [7, 11) is 1.66. The van der Waals surface area contributed by atoms with Gasteiger partial charge in [-0.3, -0.25) is 4.99 Å². The summed E-state index contributed by atoms with van der Waals surface area (Å²) in [4.78, 5) is 4.60. The molecule has 0 unspecified atom stereocenters. The zero-order valence-corrected chi connectivity index (χ0v) is 11.9. The van der Waals surface area contributed by atoms with E-state index in [1.807, 2.05) is 55.5 Å². The first-order valence-corrected chi connectivity index (χ1v) is 6.44. The van der Waals surface area contributed by atoms with Crippen molar-refractivity contribution in [1.82, 2.24) is 0 Å². The molecule has 0 aliphatic heterocycles. The number of halogens is 1. The van der Waals surface area contributed by atoms with Crippen LogP contribution in [0.25, 0.3) is 0 Å². The highest BCUT2D eigenvalue weighted by atomic mass is 79.9. The first-order chi connectivity index (χ1) is 8.70. The van der Waals surface area contributed by atoms with Crippen molar-refractivity contribution >= 4 is 27.3 Å². The molecule has 18 heavy (non-hydrogen) atoms. The molecule has 92 valence electrons. The molecule has 0 fully saturated rings. The van der Waals surface area contributed by atoms with Gasteiger partial charge in [0, 0.05) is 15.7 Å². The fraction of sp³-hybridized carbons (Fsp3) is 0.133. The first-order valence-electron chi connectivity index (χ1n) is 5.65. The van der Waals surface area contributed by atoms with Crippen LogP contribution in [-0.2, 0) is 0 Å². The summed E-state index contributed by atoms with van der Waals surface area (Å²) < 4.78 is 6.18. The Kier molecular flexibility index (Phi) is 4.15. The highest BCUT2D eigenvalue weighted by molar-refractivity contribution is 9.10. The third-order valence-electron chi connectivity index (χ3n) is 2.63. The maximum absolute atomic E-state index is 5.12. The van der Waals surface area contributed by atoms with Gasteiger partial charge in [-0.25, -0.2) is 0 Å². The largest absolute Gasteiger partial charge is 0.497 e. The van der Waals surface area contributed by atoms with Crippen molar-refractivity contribution < 1.29 is 4.74 Å². The van der Waals surface area contributed by atoms with Crippen LogP contribution >= 0.6 is 15.9 Å². The number of hydrogen-bond acceptors (Lipinski definition) is 2. The number of ether oxygens (including phenoxy) is 1. The molecule has 0 N–H and O–H groups in total. The number of aliphatic imine (C=N–C) groups is 1. The van der Waals surface area contributed by atoms with Crippen molar-refractivity contribution in [3.05, 3.63) is 58.6 Å². The van der Waals surface area contributed by atoms with E-state index >= 15 is 0 Å². The Morgan fingerprint density at radius 1 is 1.06 bits per heavy atom. The van der Waals surface area contributed by atoms with Crippen molar-refractivity contribution in [2.75, 3.05) is 7.11 Å². The first kappa shape index (κ1) is 12.8. The number of hydrogen-bond donors (Lipinski definition) is 0. The second-order valence-electron chi connectivity index (χ2n) is 3.88. The predicted molar refractivity (Wildman–Crippen MR) is 79.0 cm³/mol. The van der Waals surface area contributed by atoms with Gasteiger partial charge in [0.05, 0.1) is 12.8 Å². The average Bonchev–Trinajstić information content (AvgIpc) is 2.40. The van der Waals surface area contributed by atoms with Gasteiger partial charge in [0.2, 0.25) is 0 Å². The second kappa shape index (κ2) is 5.83. The van der Waals surface area contributed by atoms with Crippen molar-refractivity contribution in [3.8, 4) is 5.75 Å². The molecule has 0 spiro atoms. The fourth-order valence-corrected chi connectivity index (χ4v) is 2.24. The Hall–Kier alpha value is -1.61. The molecule has 0 aromatic heterocycles. The average molecular weight is 304 g/mol. The molecule has 2 aromatic carbocycles. The fourth-order valence-electron chi connectivity index (χ4n) is 1.67. The monoisotopic (exact) mass is 303 g/mol. The van der Waals surface area contributed by atoms with E-state index in [0.717, 1.165) is 27.2 Å². The van der Waals surface area contributed by atoms with E-state index in [2.05, 4.69) is 20.9 Å². The Balaban J connectivity index is 2.29. The Morgan fingerprint density at radius 3 is 2.33 bits per heavy atom. The van der Waals surface area contributed by atoms with Gasteiger partial charge in [0.15, 0.2) is 0 Å². The maximum atomic E-state index is 5.12. The third kappa shape index (κ3) is 2.99. The second-order valence-corrected chi connectivity index (χ2v) is 4.73. The standard InChI is InChI=1S/C15H14BrNO/c1-11(14-5-3-4-6-15(14)16)17-12-7-9-13(18-2)10-8-12/h3-10H,1-2H3. The predicted octanol–water partition coefficient (Wildman–Crippen LogP) is 4.60. The van der Waals surface area contributed by atoms with Crippen LogP contribution in [0.2, 0.25) is 0 Å². The van der Waals surface area contributed by atoms with E-state index in [0.29, 0.717) is 0 Å². The van der Waals surface area contributed by atoms with Gasteiger partial charge in [0.1, 0.15) is 5.75 Å². The van der Waals surface area contributed by atoms with Crippen LogP contribution in [0.4, 0.5) is 5.69 Å². The smallest absolute Gasteiger partial charge is 0.119 e. The molecular formula is C15H14BrNO. The van der Waals surface area contributed by atoms with Crippen LogP contribution in [0.5, 0.6) is 5.75 Å². The molecule has 0 amide bonds. The lowest BCUT2D eigenvalue weighted by Crippen LogP contribution is -1.94. The molecule has 0 aliphatic rings. The summed E-state index contributed by atoms with van der Waals surface area (Å²) in [5.41, 5.74) is 3.00. The Labute approximate surface area is 115 Å². The molecule has 2 aromatic rings. The highest BCUT2D eigenvalue weighted by Crippen LogP contribution is 2.21. The third-order valence-corrected chi connectivity index (χ3v) is 3.32. The Bertz CT molecular complexity index is 561. The van der Waals surface area contributed by atoms with Crippen LogP contribution in [0.1, 0.15) is 12.5 Å². The highest BCUT2D eigenvalue weighted by Gasteiger charge is 2.02. The van der Waals surface area contributed by atoms with Crippen LogP contribution in [0.15, 0.2) is 58.0 Å². The van der Waals surface area contributed by atoms with Gasteiger partial charge < -0.3 is 4.74 Å². The van der Waals surface area contributed by atoms with Gasteiger partial charge in [0.25, 0.3) is 0 Å². The SMILES string of the molecule is COc1ccc(N=C(C)c2ccccc2Br)cc1. The number of benzene rings is 2. The molecule has 0 bridgehead atoms. The summed E-state index contributed by atoms with van der Waals surface area (Å²) in [6.45, 7) is 2.00. The normalized spacial score (nSPS) is 11.4. The van der Waals surface area contributed by atoms with E-state index in [1.165, 1.54) is 0 Å². The van der Waals surface area contributed by atoms with E-state index in [4.69, 9.17) is 4.74 Å².